The number of hydrogen-bond donors (Lipinski definition) is 12. The van der Waals surface area contributed by atoms with Gasteiger partial charge in [0.25, 0.3) is 17.7 Å². The molecule has 4 aromatic carbocycles. The smallest absolute Gasteiger partial charge is 0.497 e. The number of pyridine rings is 1. The summed E-state index contributed by atoms with van der Waals surface area (Å²) < 4.78 is 82.2. The standard InChI is InChI=1S/C71H89BrClN9O25S/c1-68(2,30-76-51(83)24-72)35-101-71(7,8)49(74)29-81(75)32-70(5,6)34-100-33-69(3,4)31-79(9)62(91)37-13-19-46(103-67-58(89)54(85)56(87)60(105-67)65(95)96)48(21-37)107-108(97,98)106-47-23-45-52(43-22-41(99-10)17-18-42(43)47)38(25-73)26-82(45)63(92)44-28-80-27-39(14-20-50(80)78-44)77-61(90)36-11-15-40(16-12-36)102-66-57(88)53(84)55(86)59(104-66)64(93)94/h11-23,27-29,38,53-60,66-67,84-89H,24-26,30-35,74-75H2,1-10H3,(H,76,83)(H,77,90)(H,93,94)(H,95,96)/b49-29-/t38-,53+,54+,55+,56+,57-,58-,59+,60+,66-,67-/m1/s1. The minimum atomic E-state index is -5.45. The first-order valence-corrected chi connectivity index (χ1v) is 36.7. The molecule has 2 fully saturated rings. The number of nitrogens with zero attached hydrogens (tertiary/aromatic N) is 5. The second-order valence-electron chi connectivity index (χ2n) is 29.3. The minimum absolute atomic E-state index is 0.0135. The summed E-state index contributed by atoms with van der Waals surface area (Å²) in [5.74, 6) is -1.09. The van der Waals surface area contributed by atoms with Crippen LogP contribution in [0.1, 0.15) is 98.1 Å². The zero-order valence-electron chi connectivity index (χ0n) is 60.5. The van der Waals surface area contributed by atoms with Crippen LogP contribution in [0.25, 0.3) is 16.4 Å². The quantitative estimate of drug-likeness (QED) is 0.0163. The first-order chi connectivity index (χ1) is 50.5. The van der Waals surface area contributed by atoms with Crippen molar-refractivity contribution in [2.45, 2.75) is 128 Å². The van der Waals surface area contributed by atoms with E-state index >= 15 is 0 Å². The number of aliphatic hydroxyl groups is 6. The lowest BCUT2D eigenvalue weighted by atomic mass is 9.92. The van der Waals surface area contributed by atoms with E-state index in [9.17, 15) is 78.0 Å². The number of aromatic nitrogens is 2. The van der Waals surface area contributed by atoms with Gasteiger partial charge in [-0.3, -0.25) is 19.2 Å². The van der Waals surface area contributed by atoms with Crippen molar-refractivity contribution in [1.29, 1.82) is 0 Å². The number of fused-ring (bicyclic) bond motifs is 4. The van der Waals surface area contributed by atoms with Gasteiger partial charge >= 0.3 is 22.3 Å². The average Bonchev–Trinajstić information content (AvgIpc) is 1.43. The number of alkyl halides is 2. The van der Waals surface area contributed by atoms with E-state index in [2.05, 4.69) is 31.5 Å². The highest BCUT2D eigenvalue weighted by atomic mass is 79.9. The summed E-state index contributed by atoms with van der Waals surface area (Å²) in [6.45, 7) is 16.4. The van der Waals surface area contributed by atoms with Gasteiger partial charge in [-0.15, -0.1) is 20.0 Å². The van der Waals surface area contributed by atoms with Crippen molar-refractivity contribution in [2.75, 3.05) is 81.6 Å². The molecule has 11 atom stereocenters. The molecule has 108 heavy (non-hydrogen) atoms. The number of carboxylic acid groups (broad SMARTS) is 2. The molecule has 0 radical (unpaired) electrons. The second-order valence-corrected chi connectivity index (χ2v) is 31.3. The number of carbonyl (C=O) groups is 6. The van der Waals surface area contributed by atoms with Gasteiger partial charge in [0.15, 0.2) is 29.5 Å². The molecule has 0 unspecified atom stereocenters. The minimum Gasteiger partial charge on any atom is -0.497 e. The number of nitrogens with one attached hydrogen (secondary N) is 2. The van der Waals surface area contributed by atoms with Crippen LogP contribution in [-0.4, -0.2) is 243 Å². The maximum Gasteiger partial charge on any atom is 0.501 e. The molecule has 0 spiro atoms. The number of benzene rings is 4. The highest BCUT2D eigenvalue weighted by Crippen LogP contribution is 2.48. The predicted molar refractivity (Wildman–Crippen MR) is 391 cm³/mol. The molecule has 5 heterocycles. The number of nitrogens with two attached hydrogens (primary N) is 2. The number of hydrazine groups is 1. The van der Waals surface area contributed by atoms with Crippen molar-refractivity contribution < 1.29 is 120 Å². The predicted octanol–water partition coefficient (Wildman–Crippen LogP) is 3.43. The first-order valence-electron chi connectivity index (χ1n) is 33.7. The molecule has 588 valence electrons. The maximum atomic E-state index is 14.9. The average molecular weight is 1620 g/mol. The van der Waals surface area contributed by atoms with Gasteiger partial charge in [-0.1, -0.05) is 57.5 Å². The van der Waals surface area contributed by atoms with Crippen molar-refractivity contribution in [3.05, 3.63) is 126 Å². The van der Waals surface area contributed by atoms with E-state index in [0.717, 1.165) is 12.1 Å². The topological polar surface area (TPSA) is 485 Å². The fraction of sp³-hybridized carbons (Fsp3) is 0.479. The molecular formula is C71H89BrClN9O25S. The molecule has 4 amide bonds. The van der Waals surface area contributed by atoms with Gasteiger partial charge in [0.2, 0.25) is 18.5 Å². The van der Waals surface area contributed by atoms with Crippen LogP contribution in [0.3, 0.4) is 0 Å². The van der Waals surface area contributed by atoms with Crippen LogP contribution in [-0.2, 0) is 43.7 Å². The molecule has 37 heteroatoms. The fourth-order valence-corrected chi connectivity index (χ4v) is 13.3. The summed E-state index contributed by atoms with van der Waals surface area (Å²) in [7, 11) is -2.56. The van der Waals surface area contributed by atoms with Gasteiger partial charge in [0, 0.05) is 102 Å². The number of anilines is 2. The molecule has 0 aliphatic carbocycles. The van der Waals surface area contributed by atoms with Gasteiger partial charge in [-0.05, 0) is 97.6 Å². The molecule has 14 N–H and O–H groups in total. The molecule has 3 aliphatic heterocycles. The van der Waals surface area contributed by atoms with Crippen molar-refractivity contribution in [1.82, 2.24) is 24.6 Å². The van der Waals surface area contributed by atoms with Crippen LogP contribution < -0.4 is 49.7 Å². The summed E-state index contributed by atoms with van der Waals surface area (Å²) >= 11 is 9.80. The summed E-state index contributed by atoms with van der Waals surface area (Å²) in [4.78, 5) is 85.6. The summed E-state index contributed by atoms with van der Waals surface area (Å²) in [6.07, 6.45) is -15.5. The Morgan fingerprint density at radius 2 is 1.31 bits per heavy atom. The number of halogens is 2. The summed E-state index contributed by atoms with van der Waals surface area (Å²) in [5.41, 5.74) is 5.19. The molecular weight excluding hydrogens is 1530 g/mol. The van der Waals surface area contributed by atoms with E-state index in [1.807, 2.05) is 55.4 Å². The lowest BCUT2D eigenvalue weighted by Gasteiger charge is -2.38. The van der Waals surface area contributed by atoms with Crippen LogP contribution in [0, 0.1) is 16.2 Å². The van der Waals surface area contributed by atoms with Crippen LogP contribution in [0.15, 0.2) is 103 Å². The van der Waals surface area contributed by atoms with E-state index < -0.39 is 146 Å². The molecule has 34 nitrogen and oxygen atoms in total. The number of imidazole rings is 1. The molecule has 3 aliphatic rings. The first kappa shape index (κ1) is 83.3. The number of aliphatic hydroxyl groups excluding tert-OH is 6. The van der Waals surface area contributed by atoms with Gasteiger partial charge in [-0.2, -0.15) is 0 Å². The summed E-state index contributed by atoms with van der Waals surface area (Å²) in [6, 6.07) is 17.5. The van der Waals surface area contributed by atoms with Gasteiger partial charge in [0.1, 0.15) is 65.1 Å². The number of carboxylic acids is 2. The van der Waals surface area contributed by atoms with Crippen LogP contribution in [0.2, 0.25) is 0 Å². The van der Waals surface area contributed by atoms with Crippen molar-refractivity contribution in [3.8, 4) is 28.7 Å². The third kappa shape index (κ3) is 19.8. The fourth-order valence-electron chi connectivity index (χ4n) is 12.1. The van der Waals surface area contributed by atoms with E-state index in [4.69, 9.17) is 64.7 Å². The second kappa shape index (κ2) is 33.6. The maximum absolute atomic E-state index is 14.9. The van der Waals surface area contributed by atoms with Crippen molar-refractivity contribution in [2.24, 2.45) is 27.8 Å². The highest BCUT2D eigenvalue weighted by molar-refractivity contribution is 9.09. The Morgan fingerprint density at radius 3 is 1.91 bits per heavy atom. The SMILES string of the molecule is COc1ccc2c(OS(=O)(=O)Oc3cc(C(=O)N(C)CC(C)(C)COCC(C)(C)CN(N)/C=C(\N)C(C)(C)OCC(C)(C)CNC(=O)CBr)ccc3O[C@@H]3O[C@H](C(=O)O)[C@@H](O)[C@H](O)[C@H]3O)cc3c(c2c1)[C@H](CCl)CN3C(=O)c1cn2cc(NC(=O)c3ccc(O[C@@H]4O[C@H](C(=O)O)[C@@H](O)[C@H](O)[C@H]4O)cc3)ccc2n1. The Kier molecular flexibility index (Phi) is 25.9. The Morgan fingerprint density at radius 1 is 0.713 bits per heavy atom. The Hall–Kier alpha value is -8.73. The normalized spacial score (nSPS) is 22.1. The zero-order chi connectivity index (χ0) is 79.4. The van der Waals surface area contributed by atoms with Gasteiger partial charge in [-0.25, -0.2) is 20.4 Å². The van der Waals surface area contributed by atoms with Gasteiger partial charge in [0.05, 0.1) is 49.3 Å². The molecule has 0 saturated carbocycles. The van der Waals surface area contributed by atoms with E-state index in [-0.39, 0.29) is 95.0 Å². The van der Waals surface area contributed by atoms with Crippen LogP contribution in [0.4, 0.5) is 11.4 Å². The number of carbonyl (C=O) groups excluding carboxylic acids is 4. The number of methoxy groups -OCH3 is 1. The lowest BCUT2D eigenvalue weighted by Crippen LogP contribution is -2.61. The van der Waals surface area contributed by atoms with Crippen LogP contribution >= 0.6 is 27.5 Å². The van der Waals surface area contributed by atoms with E-state index in [1.165, 1.54) is 106 Å². The van der Waals surface area contributed by atoms with Crippen molar-refractivity contribution in [3.63, 3.8) is 0 Å². The van der Waals surface area contributed by atoms with E-state index in [1.54, 1.807) is 12.3 Å². The number of hydrogen-bond acceptors (Lipinski definition) is 27. The molecule has 0 bridgehead atoms. The van der Waals surface area contributed by atoms with Gasteiger partial charge < -0.3 is 118 Å². The van der Waals surface area contributed by atoms with Crippen molar-refractivity contribution >= 4 is 101 Å². The van der Waals surface area contributed by atoms with Crippen LogP contribution in [0.5, 0.6) is 28.7 Å². The molecule has 2 aromatic heterocycles. The third-order valence-electron chi connectivity index (χ3n) is 17.9. The Bertz CT molecular complexity index is 4470. The zero-order valence-corrected chi connectivity index (χ0v) is 63.7. The van der Waals surface area contributed by atoms with E-state index in [0.29, 0.717) is 35.5 Å². The Labute approximate surface area is 634 Å². The third-order valence-corrected chi connectivity index (χ3v) is 19.6. The Balaban J connectivity index is 0.919. The number of aliphatic carboxylic acids is 2. The monoisotopic (exact) mass is 1610 g/mol. The summed E-state index contributed by atoms with van der Waals surface area (Å²) in [5, 5.41) is 89.8. The number of ether oxygens (including phenoxy) is 7. The molecule has 9 rings (SSSR count). The number of rotatable bonds is 32. The largest absolute Gasteiger partial charge is 0.501 e. The highest BCUT2D eigenvalue weighted by Gasteiger charge is 2.50. The lowest BCUT2D eigenvalue weighted by molar-refractivity contribution is -0.271. The number of amides is 4. The molecule has 2 saturated heterocycles. The molecule has 6 aromatic rings.